The van der Waals surface area contributed by atoms with Gasteiger partial charge in [0.05, 0.1) is 16.9 Å². The van der Waals surface area contributed by atoms with Crippen LogP contribution in [-0.2, 0) is 0 Å². The lowest BCUT2D eigenvalue weighted by molar-refractivity contribution is 0.0506. The summed E-state index contributed by atoms with van der Waals surface area (Å²) in [4.78, 5) is 14.2. The van der Waals surface area contributed by atoms with Crippen molar-refractivity contribution in [2.75, 3.05) is 18.4 Å². The van der Waals surface area contributed by atoms with Gasteiger partial charge >= 0.3 is 0 Å². The Bertz CT molecular complexity index is 866. The zero-order chi connectivity index (χ0) is 18.8. The van der Waals surface area contributed by atoms with Gasteiger partial charge in [-0.2, -0.15) is 0 Å². The van der Waals surface area contributed by atoms with Crippen LogP contribution in [0.5, 0.6) is 0 Å². The van der Waals surface area contributed by atoms with Crippen molar-refractivity contribution in [3.63, 3.8) is 0 Å². The van der Waals surface area contributed by atoms with Crippen LogP contribution in [0.4, 0.5) is 24.5 Å². The third-order valence-corrected chi connectivity index (χ3v) is 4.93. The summed E-state index contributed by atoms with van der Waals surface area (Å²) in [7, 11) is 0. The lowest BCUT2D eigenvalue weighted by Crippen LogP contribution is -2.49. The highest BCUT2D eigenvalue weighted by molar-refractivity contribution is 14.1. The molecular weight excluding hydrogens is 456 g/mol. The fourth-order valence-electron chi connectivity index (χ4n) is 2.87. The van der Waals surface area contributed by atoms with Crippen molar-refractivity contribution in [1.82, 2.24) is 4.90 Å². The van der Waals surface area contributed by atoms with E-state index in [1.54, 1.807) is 17.0 Å². The van der Waals surface area contributed by atoms with Crippen LogP contribution in [0.15, 0.2) is 43.0 Å². The van der Waals surface area contributed by atoms with Gasteiger partial charge in [-0.15, -0.1) is 6.58 Å². The van der Waals surface area contributed by atoms with Crippen LogP contribution in [-0.4, -0.2) is 23.9 Å². The Labute approximate surface area is 163 Å². The van der Waals surface area contributed by atoms with Crippen LogP contribution < -0.4 is 5.32 Å². The number of amides is 1. The van der Waals surface area contributed by atoms with Crippen LogP contribution in [0.25, 0.3) is 0 Å². The number of halogens is 4. The van der Waals surface area contributed by atoms with Gasteiger partial charge in [-0.3, -0.25) is 4.79 Å². The van der Waals surface area contributed by atoms with Crippen molar-refractivity contribution in [1.29, 1.82) is 0 Å². The van der Waals surface area contributed by atoms with Crippen LogP contribution >= 0.6 is 22.6 Å². The minimum atomic E-state index is -1.21. The van der Waals surface area contributed by atoms with Crippen molar-refractivity contribution in [3.05, 3.63) is 69.6 Å². The molecule has 1 fully saturated rings. The molecule has 1 aliphatic heterocycles. The second-order valence-electron chi connectivity index (χ2n) is 6.13. The highest BCUT2D eigenvalue weighted by atomic mass is 127. The first kappa shape index (κ1) is 18.8. The molecule has 1 N–H and O–H groups in total. The molecule has 1 heterocycles. The van der Waals surface area contributed by atoms with E-state index in [1.165, 1.54) is 18.2 Å². The number of hydrogen-bond donors (Lipinski definition) is 1. The summed E-state index contributed by atoms with van der Waals surface area (Å²) in [6.07, 6.45) is 2.58. The van der Waals surface area contributed by atoms with Crippen LogP contribution in [0.2, 0.25) is 0 Å². The molecule has 3 nitrogen and oxygen atoms in total. The summed E-state index contributed by atoms with van der Waals surface area (Å²) < 4.78 is 42.8. The fourth-order valence-corrected chi connectivity index (χ4v) is 3.32. The van der Waals surface area contributed by atoms with Crippen molar-refractivity contribution in [2.45, 2.75) is 6.42 Å². The minimum Gasteiger partial charge on any atom is -0.350 e. The van der Waals surface area contributed by atoms with E-state index in [4.69, 9.17) is 0 Å². The molecule has 0 bridgehead atoms. The van der Waals surface area contributed by atoms with Gasteiger partial charge in [-0.1, -0.05) is 6.08 Å². The van der Waals surface area contributed by atoms with Gasteiger partial charge in [0.25, 0.3) is 5.91 Å². The first-order valence-electron chi connectivity index (χ1n) is 8.01. The number of anilines is 2. The standard InChI is InChI=1S/C19H16F3IN2O/c1-2-3-11-9-25(10-11)19(26)13-5-6-14(20)17(22)18(13)24-16-7-4-12(23)8-15(16)21/h2,4-8,11,24H,1,3,9-10H2. The molecule has 0 saturated carbocycles. The number of likely N-dealkylation sites (tertiary alicyclic amines) is 1. The molecule has 7 heteroatoms. The van der Waals surface area contributed by atoms with Crippen LogP contribution in [0.3, 0.4) is 0 Å². The van der Waals surface area contributed by atoms with Gasteiger partial charge in [0.2, 0.25) is 0 Å². The third-order valence-electron chi connectivity index (χ3n) is 4.26. The maximum absolute atomic E-state index is 14.4. The Balaban J connectivity index is 1.90. The number of nitrogens with zero attached hydrogens (tertiary/aromatic N) is 1. The normalized spacial score (nSPS) is 14.1. The molecule has 3 rings (SSSR count). The number of nitrogens with one attached hydrogen (secondary N) is 1. The molecule has 0 radical (unpaired) electrons. The van der Waals surface area contributed by atoms with Gasteiger partial charge in [0, 0.05) is 16.7 Å². The average Bonchev–Trinajstić information content (AvgIpc) is 2.56. The maximum Gasteiger partial charge on any atom is 0.256 e. The predicted molar refractivity (Wildman–Crippen MR) is 103 cm³/mol. The molecule has 0 spiro atoms. The average molecular weight is 472 g/mol. The quantitative estimate of drug-likeness (QED) is 0.485. The van der Waals surface area contributed by atoms with Crippen molar-refractivity contribution >= 4 is 39.9 Å². The molecule has 0 unspecified atom stereocenters. The van der Waals surface area contributed by atoms with Gasteiger partial charge in [0.1, 0.15) is 5.82 Å². The summed E-state index contributed by atoms with van der Waals surface area (Å²) in [6, 6.07) is 6.42. The second-order valence-corrected chi connectivity index (χ2v) is 7.38. The lowest BCUT2D eigenvalue weighted by atomic mass is 9.95. The Morgan fingerprint density at radius 2 is 1.96 bits per heavy atom. The molecule has 26 heavy (non-hydrogen) atoms. The monoisotopic (exact) mass is 472 g/mol. The molecule has 1 amide bonds. The minimum absolute atomic E-state index is 0.0288. The maximum atomic E-state index is 14.4. The topological polar surface area (TPSA) is 32.3 Å². The van der Waals surface area contributed by atoms with Gasteiger partial charge < -0.3 is 10.2 Å². The molecule has 2 aromatic rings. The Morgan fingerprint density at radius 1 is 1.23 bits per heavy atom. The van der Waals surface area contributed by atoms with Crippen LogP contribution in [0.1, 0.15) is 16.8 Å². The Kier molecular flexibility index (Phi) is 5.55. The number of carbonyl (C=O) groups is 1. The molecule has 136 valence electrons. The Morgan fingerprint density at radius 3 is 2.62 bits per heavy atom. The molecular formula is C19H16F3IN2O. The molecule has 1 saturated heterocycles. The first-order valence-corrected chi connectivity index (χ1v) is 9.08. The fraction of sp³-hybridized carbons (Fsp3) is 0.211. The molecule has 0 atom stereocenters. The van der Waals surface area contributed by atoms with E-state index in [-0.39, 0.29) is 16.9 Å². The molecule has 2 aromatic carbocycles. The summed E-state index contributed by atoms with van der Waals surface area (Å²) in [5.74, 6) is -3.03. The zero-order valence-corrected chi connectivity index (χ0v) is 15.9. The largest absolute Gasteiger partial charge is 0.350 e. The zero-order valence-electron chi connectivity index (χ0n) is 13.7. The van der Waals surface area contributed by atoms with E-state index in [9.17, 15) is 18.0 Å². The molecule has 0 aromatic heterocycles. The van der Waals surface area contributed by atoms with Gasteiger partial charge in [-0.25, -0.2) is 13.2 Å². The van der Waals surface area contributed by atoms with Gasteiger partial charge in [-0.05, 0) is 65.3 Å². The smallest absolute Gasteiger partial charge is 0.256 e. The number of benzene rings is 2. The predicted octanol–water partition coefficient (Wildman–Crippen LogP) is 5.10. The van der Waals surface area contributed by atoms with E-state index in [1.807, 2.05) is 22.6 Å². The van der Waals surface area contributed by atoms with E-state index in [0.717, 1.165) is 12.5 Å². The van der Waals surface area contributed by atoms with E-state index >= 15 is 0 Å². The van der Waals surface area contributed by atoms with Gasteiger partial charge in [0.15, 0.2) is 11.6 Å². The van der Waals surface area contributed by atoms with Crippen molar-refractivity contribution in [2.24, 2.45) is 5.92 Å². The molecule has 1 aliphatic rings. The highest BCUT2D eigenvalue weighted by Gasteiger charge is 2.32. The number of rotatable bonds is 5. The highest BCUT2D eigenvalue weighted by Crippen LogP contribution is 2.31. The van der Waals surface area contributed by atoms with Crippen LogP contribution in [0, 0.1) is 26.9 Å². The third kappa shape index (κ3) is 3.72. The molecule has 0 aliphatic carbocycles. The summed E-state index contributed by atoms with van der Waals surface area (Å²) in [5.41, 5.74) is -0.418. The number of carbonyl (C=O) groups excluding carboxylic acids is 1. The number of allylic oxidation sites excluding steroid dienone is 1. The summed E-state index contributed by atoms with van der Waals surface area (Å²) >= 11 is 1.94. The summed E-state index contributed by atoms with van der Waals surface area (Å²) in [6.45, 7) is 4.72. The second kappa shape index (κ2) is 7.69. The first-order chi connectivity index (χ1) is 12.4. The van der Waals surface area contributed by atoms with E-state index < -0.39 is 23.4 Å². The van der Waals surface area contributed by atoms with Crippen molar-refractivity contribution in [3.8, 4) is 0 Å². The van der Waals surface area contributed by atoms with E-state index in [2.05, 4.69) is 11.9 Å². The lowest BCUT2D eigenvalue weighted by Gasteiger charge is -2.39. The number of hydrogen-bond acceptors (Lipinski definition) is 2. The summed E-state index contributed by atoms with van der Waals surface area (Å²) in [5, 5.41) is 2.54. The van der Waals surface area contributed by atoms with Crippen molar-refractivity contribution < 1.29 is 18.0 Å². The SMILES string of the molecule is C=CCC1CN(C(=O)c2ccc(F)c(F)c2Nc2ccc(I)cc2F)C1. The van der Waals surface area contributed by atoms with E-state index in [0.29, 0.717) is 22.6 Å². The Hall–Kier alpha value is -2.03.